The molecule has 0 amide bonds. The molecule has 1 aliphatic carbocycles. The number of methoxy groups -OCH3 is 1. The number of ether oxygens (including phenoxy) is 2. The lowest BCUT2D eigenvalue weighted by molar-refractivity contribution is 0.204. The molecule has 5 rings (SSSR count). The first-order chi connectivity index (χ1) is 16.1. The number of aromatic nitrogens is 3. The molecule has 1 aliphatic rings. The molecule has 0 spiro atoms. The van der Waals surface area contributed by atoms with E-state index in [2.05, 4.69) is 10.3 Å². The molecule has 8 heteroatoms. The zero-order valence-electron chi connectivity index (χ0n) is 18.5. The van der Waals surface area contributed by atoms with E-state index in [1.807, 2.05) is 36.5 Å². The number of anilines is 2. The Balaban J connectivity index is 1.57. The summed E-state index contributed by atoms with van der Waals surface area (Å²) in [5.41, 5.74) is 10.0. The fraction of sp³-hybridized carbons (Fsp3) is 0.280. The van der Waals surface area contributed by atoms with Crippen molar-refractivity contribution in [1.82, 2.24) is 15.0 Å². The van der Waals surface area contributed by atoms with Gasteiger partial charge in [0.15, 0.2) is 0 Å². The summed E-state index contributed by atoms with van der Waals surface area (Å²) >= 11 is 0. The standard InChI is InChI=1S/C25H27N5O3/c1-32-21-12-15(13-26)6-11-20(21)28-25-29-23-22(24(30-25)33-18-4-2-3-5-18)19(14-27-23)16-7-9-17(31)10-8-16/h6-12,14,18,31H,2-5,13,26H2,1H3,(H2,27,28,29,30). The lowest BCUT2D eigenvalue weighted by Gasteiger charge is -2.16. The maximum Gasteiger partial charge on any atom is 0.232 e. The van der Waals surface area contributed by atoms with Crippen molar-refractivity contribution in [2.24, 2.45) is 5.73 Å². The van der Waals surface area contributed by atoms with Crippen LogP contribution in [-0.4, -0.2) is 33.3 Å². The number of phenols is 1. The van der Waals surface area contributed by atoms with Crippen molar-refractivity contribution in [2.45, 2.75) is 38.3 Å². The zero-order valence-corrected chi connectivity index (χ0v) is 18.5. The SMILES string of the molecule is COc1cc(CN)ccc1Nc1nc(OC2CCCC2)c2c(-c3ccc(O)cc3)c[nH]c2n1. The van der Waals surface area contributed by atoms with Gasteiger partial charge in [0.05, 0.1) is 18.2 Å². The largest absolute Gasteiger partial charge is 0.508 e. The second kappa shape index (κ2) is 8.99. The molecule has 2 heterocycles. The Morgan fingerprint density at radius 1 is 1.12 bits per heavy atom. The van der Waals surface area contributed by atoms with Crippen LogP contribution in [0.2, 0.25) is 0 Å². The first-order valence-electron chi connectivity index (χ1n) is 11.1. The number of nitrogens with two attached hydrogens (primary N) is 1. The van der Waals surface area contributed by atoms with Crippen molar-refractivity contribution in [3.05, 3.63) is 54.2 Å². The highest BCUT2D eigenvalue weighted by Gasteiger charge is 2.22. The summed E-state index contributed by atoms with van der Waals surface area (Å²) in [6.07, 6.45) is 6.38. The van der Waals surface area contributed by atoms with Gasteiger partial charge in [-0.05, 0) is 61.1 Å². The summed E-state index contributed by atoms with van der Waals surface area (Å²) in [7, 11) is 1.62. The van der Waals surface area contributed by atoms with Crippen LogP contribution in [0, 0.1) is 0 Å². The van der Waals surface area contributed by atoms with Gasteiger partial charge >= 0.3 is 0 Å². The molecule has 2 aromatic heterocycles. The van der Waals surface area contributed by atoms with Gasteiger partial charge in [-0.2, -0.15) is 9.97 Å². The zero-order chi connectivity index (χ0) is 22.8. The van der Waals surface area contributed by atoms with E-state index in [0.29, 0.717) is 29.8 Å². The molecule has 4 aromatic rings. The van der Waals surface area contributed by atoms with Crippen LogP contribution in [0.4, 0.5) is 11.6 Å². The molecule has 0 bridgehead atoms. The smallest absolute Gasteiger partial charge is 0.232 e. The van der Waals surface area contributed by atoms with Gasteiger partial charge in [0.2, 0.25) is 11.8 Å². The van der Waals surface area contributed by atoms with Gasteiger partial charge in [-0.1, -0.05) is 18.2 Å². The third-order valence-electron chi connectivity index (χ3n) is 6.01. The van der Waals surface area contributed by atoms with E-state index in [4.69, 9.17) is 25.2 Å². The highest BCUT2D eigenvalue weighted by Crippen LogP contribution is 2.37. The topological polar surface area (TPSA) is 118 Å². The maximum absolute atomic E-state index is 9.68. The first-order valence-corrected chi connectivity index (χ1v) is 11.1. The number of H-pyrrole nitrogens is 1. The van der Waals surface area contributed by atoms with E-state index in [1.165, 1.54) is 0 Å². The maximum atomic E-state index is 9.68. The predicted octanol–water partition coefficient (Wildman–Crippen LogP) is 4.86. The molecule has 0 unspecified atom stereocenters. The van der Waals surface area contributed by atoms with Crippen molar-refractivity contribution < 1.29 is 14.6 Å². The van der Waals surface area contributed by atoms with Gasteiger partial charge < -0.3 is 30.6 Å². The van der Waals surface area contributed by atoms with Crippen molar-refractivity contribution in [1.29, 1.82) is 0 Å². The Hall–Kier alpha value is -3.78. The number of benzene rings is 2. The highest BCUT2D eigenvalue weighted by atomic mass is 16.5. The Labute approximate surface area is 191 Å². The van der Waals surface area contributed by atoms with Gasteiger partial charge in [-0.25, -0.2) is 0 Å². The minimum atomic E-state index is 0.136. The molecule has 2 aromatic carbocycles. The average molecular weight is 446 g/mol. The number of fused-ring (bicyclic) bond motifs is 1. The number of aromatic amines is 1. The lowest BCUT2D eigenvalue weighted by atomic mass is 10.1. The fourth-order valence-corrected chi connectivity index (χ4v) is 4.26. The van der Waals surface area contributed by atoms with Crippen LogP contribution in [-0.2, 0) is 6.54 Å². The Kier molecular flexibility index (Phi) is 5.75. The van der Waals surface area contributed by atoms with E-state index in [0.717, 1.165) is 53.4 Å². The van der Waals surface area contributed by atoms with Crippen LogP contribution in [0.1, 0.15) is 31.2 Å². The van der Waals surface area contributed by atoms with E-state index in [1.54, 1.807) is 19.2 Å². The Morgan fingerprint density at radius 2 is 1.91 bits per heavy atom. The minimum absolute atomic E-state index is 0.136. The summed E-state index contributed by atoms with van der Waals surface area (Å²) < 4.78 is 11.9. The van der Waals surface area contributed by atoms with Crippen molar-refractivity contribution in [3.63, 3.8) is 0 Å². The number of rotatable bonds is 7. The fourth-order valence-electron chi connectivity index (χ4n) is 4.26. The molecule has 0 saturated heterocycles. The van der Waals surface area contributed by atoms with Gasteiger partial charge in [0, 0.05) is 18.3 Å². The third kappa shape index (κ3) is 4.29. The summed E-state index contributed by atoms with van der Waals surface area (Å²) in [5, 5.41) is 13.8. The van der Waals surface area contributed by atoms with Crippen molar-refractivity contribution >= 4 is 22.7 Å². The van der Waals surface area contributed by atoms with Crippen LogP contribution < -0.4 is 20.5 Å². The molecular weight excluding hydrogens is 418 g/mol. The molecule has 5 N–H and O–H groups in total. The van der Waals surface area contributed by atoms with Crippen LogP contribution in [0.5, 0.6) is 17.4 Å². The molecule has 33 heavy (non-hydrogen) atoms. The van der Waals surface area contributed by atoms with Gasteiger partial charge in [0.25, 0.3) is 0 Å². The number of aromatic hydroxyl groups is 1. The number of nitrogens with one attached hydrogen (secondary N) is 2. The summed E-state index contributed by atoms with van der Waals surface area (Å²) in [4.78, 5) is 12.7. The number of nitrogens with zero attached hydrogens (tertiary/aromatic N) is 2. The van der Waals surface area contributed by atoms with Gasteiger partial charge in [-0.15, -0.1) is 0 Å². The Morgan fingerprint density at radius 3 is 2.64 bits per heavy atom. The number of hydrogen-bond acceptors (Lipinski definition) is 7. The van der Waals surface area contributed by atoms with Crippen molar-refractivity contribution in [3.8, 4) is 28.5 Å². The lowest BCUT2D eigenvalue weighted by Crippen LogP contribution is -2.13. The molecule has 0 radical (unpaired) electrons. The van der Waals surface area contributed by atoms with Gasteiger partial charge in [-0.3, -0.25) is 0 Å². The number of phenolic OH excluding ortho intramolecular Hbond substituents is 1. The summed E-state index contributed by atoms with van der Waals surface area (Å²) in [6.45, 7) is 0.432. The van der Waals surface area contributed by atoms with E-state index >= 15 is 0 Å². The quantitative estimate of drug-likeness (QED) is 0.321. The highest BCUT2D eigenvalue weighted by molar-refractivity contribution is 5.98. The molecule has 1 fully saturated rings. The van der Waals surface area contributed by atoms with E-state index < -0.39 is 0 Å². The number of hydrogen-bond donors (Lipinski definition) is 4. The van der Waals surface area contributed by atoms with Crippen molar-refractivity contribution in [2.75, 3.05) is 12.4 Å². The monoisotopic (exact) mass is 445 g/mol. The molecule has 1 saturated carbocycles. The first kappa shape index (κ1) is 21.1. The second-order valence-electron chi connectivity index (χ2n) is 8.21. The molecule has 8 nitrogen and oxygen atoms in total. The predicted molar refractivity (Wildman–Crippen MR) is 128 cm³/mol. The van der Waals surface area contributed by atoms with Crippen LogP contribution in [0.25, 0.3) is 22.2 Å². The van der Waals surface area contributed by atoms with Crippen LogP contribution in [0.3, 0.4) is 0 Å². The van der Waals surface area contributed by atoms with Gasteiger partial charge in [0.1, 0.15) is 23.3 Å². The molecule has 0 aliphatic heterocycles. The minimum Gasteiger partial charge on any atom is -0.508 e. The molecule has 0 atom stereocenters. The van der Waals surface area contributed by atoms with E-state index in [9.17, 15) is 5.11 Å². The second-order valence-corrected chi connectivity index (χ2v) is 8.21. The molecular formula is C25H27N5O3. The summed E-state index contributed by atoms with van der Waals surface area (Å²) in [6, 6.07) is 12.8. The van der Waals surface area contributed by atoms with E-state index in [-0.39, 0.29) is 11.9 Å². The normalized spacial score (nSPS) is 14.0. The van der Waals surface area contributed by atoms with Crippen LogP contribution in [0.15, 0.2) is 48.7 Å². The van der Waals surface area contributed by atoms with Crippen LogP contribution >= 0.6 is 0 Å². The third-order valence-corrected chi connectivity index (χ3v) is 6.01. The average Bonchev–Trinajstić information content (AvgIpc) is 3.50. The summed E-state index contributed by atoms with van der Waals surface area (Å²) in [5.74, 6) is 1.83. The Bertz CT molecular complexity index is 1260. The molecule has 170 valence electrons.